The number of hydrogen-bond donors (Lipinski definition) is 2. The molecule has 152 valence electrons. The number of alkyl halides is 1. The molecule has 0 saturated heterocycles. The van der Waals surface area contributed by atoms with Gasteiger partial charge in [-0.3, -0.25) is 4.90 Å². The van der Waals surface area contributed by atoms with Crippen LogP contribution in [-0.4, -0.2) is 48.8 Å². The van der Waals surface area contributed by atoms with Crippen LogP contribution in [0.3, 0.4) is 0 Å². The molecule has 0 aliphatic carbocycles. The normalized spacial score (nSPS) is 11.0. The van der Waals surface area contributed by atoms with Gasteiger partial charge in [0.05, 0.1) is 25.6 Å². The van der Waals surface area contributed by atoms with E-state index in [1.165, 1.54) is 0 Å². The van der Waals surface area contributed by atoms with Crippen LogP contribution in [0.2, 0.25) is 0 Å². The molecule has 0 unspecified atom stereocenters. The van der Waals surface area contributed by atoms with E-state index in [0.29, 0.717) is 25.6 Å². The lowest BCUT2D eigenvalue weighted by molar-refractivity contribution is 0.0563. The summed E-state index contributed by atoms with van der Waals surface area (Å²) in [5.41, 5.74) is 1.22. The average molecular weight is 507 g/mol. The van der Waals surface area contributed by atoms with E-state index in [4.69, 9.17) is 9.47 Å². The highest BCUT2D eigenvalue weighted by Crippen LogP contribution is 2.31. The summed E-state index contributed by atoms with van der Waals surface area (Å²) in [5, 5.41) is 6.25. The Morgan fingerprint density at radius 2 is 2.11 bits per heavy atom. The Morgan fingerprint density at radius 3 is 2.70 bits per heavy atom. The van der Waals surface area contributed by atoms with E-state index in [1.54, 1.807) is 22.9 Å². The predicted molar refractivity (Wildman–Crippen MR) is 123 cm³/mol. The third kappa shape index (κ3) is 9.07. The first-order valence-corrected chi connectivity index (χ1v) is 11.3. The number of rotatable bonds is 11. The minimum absolute atomic E-state index is 0.377. The molecule has 8 heteroatoms. The molecule has 0 radical (unpaired) electrons. The molecule has 0 saturated carbocycles. The van der Waals surface area contributed by atoms with E-state index >= 15 is 0 Å². The largest absolute Gasteiger partial charge is 0.443 e. The Balaban J connectivity index is 3.05. The summed E-state index contributed by atoms with van der Waals surface area (Å²) in [6, 6.07) is 5.87. The molecule has 2 N–H and O–H groups in total. The van der Waals surface area contributed by atoms with Crippen LogP contribution in [0.1, 0.15) is 20.8 Å². The minimum atomic E-state index is -0.561. The number of thioether (sulfide) groups is 1. The van der Waals surface area contributed by atoms with Gasteiger partial charge in [-0.2, -0.15) is 0 Å². The zero-order valence-electron chi connectivity index (χ0n) is 16.5. The van der Waals surface area contributed by atoms with Gasteiger partial charge in [0.25, 0.3) is 0 Å². The van der Waals surface area contributed by atoms with Gasteiger partial charge in [0.1, 0.15) is 5.60 Å². The van der Waals surface area contributed by atoms with Gasteiger partial charge in [0.2, 0.25) is 0 Å². The third-order valence-corrected chi connectivity index (χ3v) is 4.70. The summed E-state index contributed by atoms with van der Waals surface area (Å²) < 4.78 is 12.1. The predicted octanol–water partition coefficient (Wildman–Crippen LogP) is 4.70. The molecule has 0 aromatic heterocycles. The Kier molecular flexibility index (Phi) is 10.9. The molecule has 0 aliphatic rings. The molecule has 1 aromatic carbocycles. The summed E-state index contributed by atoms with van der Waals surface area (Å²) in [7, 11) is 1.88. The van der Waals surface area contributed by atoms with Crippen molar-refractivity contribution in [3.8, 4) is 0 Å². The molecule has 6 nitrogen and oxygen atoms in total. The van der Waals surface area contributed by atoms with Gasteiger partial charge in [0, 0.05) is 27.7 Å². The SMILES string of the molecule is C=CNCSc1cc(N(CCOCCI)C(=O)OC(C)(C)C)ccc1NC. The van der Waals surface area contributed by atoms with Crippen molar-refractivity contribution in [2.75, 3.05) is 47.3 Å². The van der Waals surface area contributed by atoms with Crippen molar-refractivity contribution in [1.82, 2.24) is 5.32 Å². The second-order valence-corrected chi connectivity index (χ2v) is 8.66. The van der Waals surface area contributed by atoms with Crippen LogP contribution in [0.25, 0.3) is 0 Å². The minimum Gasteiger partial charge on any atom is -0.443 e. The summed E-state index contributed by atoms with van der Waals surface area (Å²) in [4.78, 5) is 15.4. The lowest BCUT2D eigenvalue weighted by Crippen LogP contribution is -2.39. The molecule has 0 aliphatic heterocycles. The molecular formula is C19H30IN3O3S. The van der Waals surface area contributed by atoms with Gasteiger partial charge in [-0.15, -0.1) is 11.8 Å². The monoisotopic (exact) mass is 507 g/mol. The topological polar surface area (TPSA) is 62.8 Å². The van der Waals surface area contributed by atoms with Crippen molar-refractivity contribution in [1.29, 1.82) is 0 Å². The number of carbonyl (C=O) groups is 1. The average Bonchev–Trinajstić information content (AvgIpc) is 2.60. The lowest BCUT2D eigenvalue weighted by Gasteiger charge is -2.28. The van der Waals surface area contributed by atoms with E-state index < -0.39 is 5.60 Å². The second-order valence-electron chi connectivity index (χ2n) is 6.56. The number of benzene rings is 1. The first-order chi connectivity index (χ1) is 12.8. The van der Waals surface area contributed by atoms with Crippen molar-refractivity contribution in [3.05, 3.63) is 31.0 Å². The fourth-order valence-corrected chi connectivity index (χ4v) is 3.34. The van der Waals surface area contributed by atoms with Crippen molar-refractivity contribution in [2.24, 2.45) is 0 Å². The molecule has 1 rings (SSSR count). The molecule has 0 fully saturated rings. The highest BCUT2D eigenvalue weighted by atomic mass is 127. The van der Waals surface area contributed by atoms with Crippen molar-refractivity contribution < 1.29 is 14.3 Å². The van der Waals surface area contributed by atoms with Crippen LogP contribution in [0.4, 0.5) is 16.2 Å². The van der Waals surface area contributed by atoms with Crippen LogP contribution in [0.5, 0.6) is 0 Å². The molecule has 0 heterocycles. The third-order valence-electron chi connectivity index (χ3n) is 3.30. The van der Waals surface area contributed by atoms with Gasteiger partial charge in [-0.05, 0) is 45.2 Å². The molecule has 1 amide bonds. The fraction of sp³-hybridized carbons (Fsp3) is 0.526. The summed E-state index contributed by atoms with van der Waals surface area (Å²) in [6.45, 7) is 10.8. The number of carbonyl (C=O) groups excluding carboxylic acids is 1. The summed E-state index contributed by atoms with van der Waals surface area (Å²) in [6.07, 6.45) is 1.28. The Bertz CT molecular complexity index is 608. The van der Waals surface area contributed by atoms with E-state index in [0.717, 1.165) is 20.7 Å². The lowest BCUT2D eigenvalue weighted by atomic mass is 10.2. The number of amides is 1. The highest BCUT2D eigenvalue weighted by molar-refractivity contribution is 14.1. The molecular weight excluding hydrogens is 477 g/mol. The number of nitrogens with zero attached hydrogens (tertiary/aromatic N) is 1. The number of anilines is 2. The smallest absolute Gasteiger partial charge is 0.414 e. The first kappa shape index (κ1) is 23.9. The first-order valence-electron chi connectivity index (χ1n) is 8.75. The maximum atomic E-state index is 12.7. The summed E-state index contributed by atoms with van der Waals surface area (Å²) in [5.74, 6) is 0.687. The highest BCUT2D eigenvalue weighted by Gasteiger charge is 2.24. The van der Waals surface area contributed by atoms with Crippen LogP contribution in [-0.2, 0) is 9.47 Å². The van der Waals surface area contributed by atoms with E-state index in [2.05, 4.69) is 39.8 Å². The number of hydrogen-bond acceptors (Lipinski definition) is 6. The van der Waals surface area contributed by atoms with Crippen molar-refractivity contribution in [2.45, 2.75) is 31.3 Å². The Morgan fingerprint density at radius 1 is 1.37 bits per heavy atom. The number of halogens is 1. The number of ether oxygens (including phenoxy) is 2. The van der Waals surface area contributed by atoms with E-state index in [-0.39, 0.29) is 6.09 Å². The molecule has 27 heavy (non-hydrogen) atoms. The maximum Gasteiger partial charge on any atom is 0.414 e. The van der Waals surface area contributed by atoms with Crippen molar-refractivity contribution >= 4 is 51.8 Å². The molecule has 0 bridgehead atoms. The summed E-state index contributed by atoms with van der Waals surface area (Å²) >= 11 is 3.89. The van der Waals surface area contributed by atoms with Crippen molar-refractivity contribution in [3.63, 3.8) is 0 Å². The van der Waals surface area contributed by atoms with Gasteiger partial charge in [-0.25, -0.2) is 4.79 Å². The zero-order valence-corrected chi connectivity index (χ0v) is 19.5. The van der Waals surface area contributed by atoms with E-state index in [9.17, 15) is 4.79 Å². The number of nitrogens with one attached hydrogen (secondary N) is 2. The van der Waals surface area contributed by atoms with Gasteiger partial charge in [0.15, 0.2) is 0 Å². The molecule has 0 atom stereocenters. The van der Waals surface area contributed by atoms with E-state index in [1.807, 2.05) is 46.0 Å². The van der Waals surface area contributed by atoms with Gasteiger partial charge >= 0.3 is 6.09 Å². The maximum absolute atomic E-state index is 12.7. The molecule has 0 spiro atoms. The van der Waals surface area contributed by atoms with Gasteiger partial charge < -0.3 is 20.1 Å². The zero-order chi connectivity index (χ0) is 20.3. The van der Waals surface area contributed by atoms with Crippen LogP contribution >= 0.6 is 34.4 Å². The standard InChI is InChI=1S/C19H30IN3O3S/c1-6-22-14-27-17-13-15(7-8-16(17)21-5)23(10-12-25-11-9-20)18(24)26-19(2,3)4/h6-8,13,21-22H,1,9-12,14H2,2-5H3. The van der Waals surface area contributed by atoms with Gasteiger partial charge in [-0.1, -0.05) is 29.2 Å². The van der Waals surface area contributed by atoms with Crippen LogP contribution < -0.4 is 15.5 Å². The molecule has 1 aromatic rings. The Labute approximate surface area is 180 Å². The fourth-order valence-electron chi connectivity index (χ4n) is 2.14. The van der Waals surface area contributed by atoms with Crippen LogP contribution in [0.15, 0.2) is 35.9 Å². The second kappa shape index (κ2) is 12.4. The quantitative estimate of drug-likeness (QED) is 0.149. The van der Waals surface area contributed by atoms with Crippen LogP contribution in [0, 0.1) is 0 Å². The Hall–Kier alpha value is -1.13.